The van der Waals surface area contributed by atoms with Crippen molar-refractivity contribution in [3.05, 3.63) is 34.5 Å². The van der Waals surface area contributed by atoms with E-state index in [2.05, 4.69) is 15.9 Å². The molecule has 2 nitrogen and oxygen atoms in total. The highest BCUT2D eigenvalue weighted by molar-refractivity contribution is 9.10. The molecule has 0 atom stereocenters. The molecule has 66 valence electrons. The standard InChI is InChI=1S/C9H4BrClO2/c10-5-1-2-8-6(3-5)7(4-13-8)9(11)12/h1-4H. The Hall–Kier alpha value is -0.800. The largest absolute Gasteiger partial charge is 0.464 e. The van der Waals surface area contributed by atoms with E-state index in [1.54, 1.807) is 12.1 Å². The molecule has 0 aliphatic rings. The maximum Gasteiger partial charge on any atom is 0.256 e. The summed E-state index contributed by atoms with van der Waals surface area (Å²) in [7, 11) is 0. The monoisotopic (exact) mass is 258 g/mol. The van der Waals surface area contributed by atoms with Crippen LogP contribution in [0.4, 0.5) is 0 Å². The second kappa shape index (κ2) is 3.16. The molecule has 0 saturated carbocycles. The summed E-state index contributed by atoms with van der Waals surface area (Å²) in [6.45, 7) is 0. The summed E-state index contributed by atoms with van der Waals surface area (Å²) < 4.78 is 6.03. The number of carbonyl (C=O) groups is 1. The smallest absolute Gasteiger partial charge is 0.256 e. The molecule has 13 heavy (non-hydrogen) atoms. The van der Waals surface area contributed by atoms with Crippen LogP contribution in [0, 0.1) is 0 Å². The number of fused-ring (bicyclic) bond motifs is 1. The molecule has 1 aromatic carbocycles. The van der Waals surface area contributed by atoms with E-state index in [0.717, 1.165) is 9.86 Å². The van der Waals surface area contributed by atoms with Crippen molar-refractivity contribution in [2.45, 2.75) is 0 Å². The molecule has 0 bridgehead atoms. The van der Waals surface area contributed by atoms with E-state index in [-0.39, 0.29) is 0 Å². The van der Waals surface area contributed by atoms with Crippen LogP contribution in [0.1, 0.15) is 10.4 Å². The number of rotatable bonds is 1. The van der Waals surface area contributed by atoms with Crippen molar-refractivity contribution in [2.75, 3.05) is 0 Å². The molecular formula is C9H4BrClO2. The summed E-state index contributed by atoms with van der Waals surface area (Å²) in [5.41, 5.74) is 1.06. The molecule has 1 heterocycles. The van der Waals surface area contributed by atoms with Crippen molar-refractivity contribution >= 4 is 43.7 Å². The highest BCUT2D eigenvalue weighted by Gasteiger charge is 2.11. The average Bonchev–Trinajstić information content (AvgIpc) is 2.46. The van der Waals surface area contributed by atoms with Gasteiger partial charge in [0.25, 0.3) is 5.24 Å². The van der Waals surface area contributed by atoms with Crippen molar-refractivity contribution in [3.63, 3.8) is 0 Å². The van der Waals surface area contributed by atoms with Crippen molar-refractivity contribution in [2.24, 2.45) is 0 Å². The Bertz CT molecular complexity index is 475. The fraction of sp³-hybridized carbons (Fsp3) is 0. The van der Waals surface area contributed by atoms with Crippen LogP contribution in [0.5, 0.6) is 0 Å². The van der Waals surface area contributed by atoms with Crippen molar-refractivity contribution < 1.29 is 9.21 Å². The van der Waals surface area contributed by atoms with Gasteiger partial charge in [0.2, 0.25) is 0 Å². The van der Waals surface area contributed by atoms with Gasteiger partial charge >= 0.3 is 0 Å². The maximum atomic E-state index is 10.9. The van der Waals surface area contributed by atoms with Crippen LogP contribution >= 0.6 is 27.5 Å². The van der Waals surface area contributed by atoms with Gasteiger partial charge in [0, 0.05) is 9.86 Å². The summed E-state index contributed by atoms with van der Waals surface area (Å²) in [6.07, 6.45) is 1.37. The summed E-state index contributed by atoms with van der Waals surface area (Å²) in [4.78, 5) is 10.9. The first-order chi connectivity index (χ1) is 6.18. The number of hydrogen-bond donors (Lipinski definition) is 0. The van der Waals surface area contributed by atoms with Crippen LogP contribution < -0.4 is 0 Å². The van der Waals surface area contributed by atoms with E-state index < -0.39 is 5.24 Å². The average molecular weight is 259 g/mol. The fourth-order valence-corrected chi connectivity index (χ4v) is 1.66. The van der Waals surface area contributed by atoms with Crippen molar-refractivity contribution in [1.82, 2.24) is 0 Å². The van der Waals surface area contributed by atoms with Gasteiger partial charge in [-0.1, -0.05) is 15.9 Å². The van der Waals surface area contributed by atoms with Gasteiger partial charge in [0.05, 0.1) is 5.56 Å². The number of carbonyl (C=O) groups excluding carboxylic acids is 1. The molecule has 1 aromatic heterocycles. The lowest BCUT2D eigenvalue weighted by molar-refractivity contribution is 0.108. The molecule has 0 saturated heterocycles. The molecule has 0 unspecified atom stereocenters. The van der Waals surface area contributed by atoms with E-state index in [9.17, 15) is 4.79 Å². The molecule has 0 spiro atoms. The van der Waals surface area contributed by atoms with E-state index in [4.69, 9.17) is 16.0 Å². The zero-order valence-corrected chi connectivity index (χ0v) is 8.72. The van der Waals surface area contributed by atoms with E-state index in [1.165, 1.54) is 6.26 Å². The van der Waals surface area contributed by atoms with Gasteiger partial charge in [-0.05, 0) is 29.8 Å². The Balaban J connectivity index is 2.79. The summed E-state index contributed by atoms with van der Waals surface area (Å²) >= 11 is 8.67. The molecule has 0 aliphatic carbocycles. The van der Waals surface area contributed by atoms with Crippen molar-refractivity contribution in [3.8, 4) is 0 Å². The second-order valence-electron chi connectivity index (χ2n) is 2.56. The van der Waals surface area contributed by atoms with Crippen LogP contribution in [0.25, 0.3) is 11.0 Å². The van der Waals surface area contributed by atoms with E-state index >= 15 is 0 Å². The van der Waals surface area contributed by atoms with Crippen LogP contribution in [0.15, 0.2) is 33.4 Å². The number of benzene rings is 1. The topological polar surface area (TPSA) is 30.2 Å². The Labute approximate surface area is 87.6 Å². The van der Waals surface area contributed by atoms with Crippen LogP contribution in [-0.4, -0.2) is 5.24 Å². The molecule has 0 N–H and O–H groups in total. The Morgan fingerprint density at radius 1 is 1.46 bits per heavy atom. The van der Waals surface area contributed by atoms with E-state index in [0.29, 0.717) is 11.1 Å². The van der Waals surface area contributed by atoms with Gasteiger partial charge in [0.15, 0.2) is 0 Å². The number of furan rings is 1. The van der Waals surface area contributed by atoms with Gasteiger partial charge in [-0.25, -0.2) is 0 Å². The highest BCUT2D eigenvalue weighted by Crippen LogP contribution is 2.25. The van der Waals surface area contributed by atoms with Crippen LogP contribution in [-0.2, 0) is 0 Å². The Morgan fingerprint density at radius 2 is 2.23 bits per heavy atom. The van der Waals surface area contributed by atoms with Crippen LogP contribution in [0.2, 0.25) is 0 Å². The van der Waals surface area contributed by atoms with Gasteiger partial charge in [-0.2, -0.15) is 0 Å². The Kier molecular flexibility index (Phi) is 2.14. The van der Waals surface area contributed by atoms with Gasteiger partial charge < -0.3 is 4.42 Å². The SMILES string of the molecule is O=C(Cl)c1coc2ccc(Br)cc12. The molecule has 0 fully saturated rings. The minimum Gasteiger partial charge on any atom is -0.464 e. The fourth-order valence-electron chi connectivity index (χ4n) is 1.15. The summed E-state index contributed by atoms with van der Waals surface area (Å²) in [6, 6.07) is 5.42. The lowest BCUT2D eigenvalue weighted by atomic mass is 10.2. The van der Waals surface area contributed by atoms with Gasteiger partial charge in [-0.3, -0.25) is 4.79 Å². The third-order valence-corrected chi connectivity index (χ3v) is 2.44. The van der Waals surface area contributed by atoms with Gasteiger partial charge in [0.1, 0.15) is 11.8 Å². The molecule has 0 aliphatic heterocycles. The number of halogens is 2. The van der Waals surface area contributed by atoms with Crippen LogP contribution in [0.3, 0.4) is 0 Å². The Morgan fingerprint density at radius 3 is 2.92 bits per heavy atom. The first kappa shape index (κ1) is 8.78. The maximum absolute atomic E-state index is 10.9. The zero-order valence-electron chi connectivity index (χ0n) is 6.38. The van der Waals surface area contributed by atoms with Crippen molar-refractivity contribution in [1.29, 1.82) is 0 Å². The molecule has 4 heteroatoms. The van der Waals surface area contributed by atoms with Gasteiger partial charge in [-0.15, -0.1) is 0 Å². The third-order valence-electron chi connectivity index (χ3n) is 1.75. The molecule has 0 radical (unpaired) electrons. The minimum absolute atomic E-state index is 0.401. The molecule has 2 rings (SSSR count). The second-order valence-corrected chi connectivity index (χ2v) is 3.82. The number of hydrogen-bond acceptors (Lipinski definition) is 2. The predicted molar refractivity (Wildman–Crippen MR) is 54.1 cm³/mol. The predicted octanol–water partition coefficient (Wildman–Crippen LogP) is 3.57. The zero-order chi connectivity index (χ0) is 9.42. The first-order valence-electron chi connectivity index (χ1n) is 3.55. The highest BCUT2D eigenvalue weighted by atomic mass is 79.9. The lowest BCUT2D eigenvalue weighted by Crippen LogP contribution is -1.84. The summed E-state index contributed by atoms with van der Waals surface area (Å²) in [5, 5.41) is 0.228. The molecule has 2 aromatic rings. The quantitative estimate of drug-likeness (QED) is 0.733. The third kappa shape index (κ3) is 1.49. The lowest BCUT2D eigenvalue weighted by Gasteiger charge is -1.91. The first-order valence-corrected chi connectivity index (χ1v) is 4.72. The molecular weight excluding hydrogens is 255 g/mol. The summed E-state index contributed by atoms with van der Waals surface area (Å²) in [5.74, 6) is 0. The normalized spacial score (nSPS) is 10.6. The minimum atomic E-state index is -0.503. The van der Waals surface area contributed by atoms with E-state index in [1.807, 2.05) is 6.07 Å². The molecule has 0 amide bonds.